The summed E-state index contributed by atoms with van der Waals surface area (Å²) in [5.74, 6) is 0.0581. The molecule has 1 N–H and O–H groups in total. The van der Waals surface area contributed by atoms with Crippen LogP contribution >= 0.6 is 11.6 Å². The number of aryl methyl sites for hydroxylation is 2. The van der Waals surface area contributed by atoms with Gasteiger partial charge in [-0.1, -0.05) is 24.9 Å². The molecule has 2 aromatic heterocycles. The molecule has 0 radical (unpaired) electrons. The van der Waals surface area contributed by atoms with Gasteiger partial charge in [0.05, 0.1) is 7.11 Å². The van der Waals surface area contributed by atoms with Crippen molar-refractivity contribution >= 4 is 28.7 Å². The van der Waals surface area contributed by atoms with Gasteiger partial charge in [0.2, 0.25) is 0 Å². The molecule has 0 amide bonds. The molecule has 3 aromatic rings. The van der Waals surface area contributed by atoms with E-state index in [-0.39, 0.29) is 23.3 Å². The van der Waals surface area contributed by atoms with Crippen molar-refractivity contribution in [1.29, 1.82) is 0 Å². The minimum atomic E-state index is -0.638. The Kier molecular flexibility index (Phi) is 6.61. The van der Waals surface area contributed by atoms with Crippen LogP contribution in [0.15, 0.2) is 27.8 Å². The van der Waals surface area contributed by atoms with Gasteiger partial charge in [0, 0.05) is 18.1 Å². The number of nitrogens with zero attached hydrogens (tertiary/aromatic N) is 3. The lowest BCUT2D eigenvalue weighted by Gasteiger charge is -2.10. The predicted octanol–water partition coefficient (Wildman–Crippen LogP) is 2.73. The summed E-state index contributed by atoms with van der Waals surface area (Å²) < 4.78 is 13.7. The Morgan fingerprint density at radius 2 is 2.00 bits per heavy atom. The molecule has 0 fully saturated rings. The van der Waals surface area contributed by atoms with E-state index in [1.54, 1.807) is 16.7 Å². The maximum absolute atomic E-state index is 12.6. The lowest BCUT2D eigenvalue weighted by molar-refractivity contribution is 0.0455. The second kappa shape index (κ2) is 9.17. The molecular weight excluding hydrogens is 412 g/mol. The topological polar surface area (TPSA) is 108 Å². The standard InChI is InChI=1S/C20H23ClN4O5/c1-4-6-9-25-17-16(18(26)23-20(25)28)24(5-2)15(22-17)11-30-19(27)13-10-12(21)7-8-14(13)29-3/h7-8,10H,4-6,9,11H2,1-3H3,(H,23,26,28). The summed E-state index contributed by atoms with van der Waals surface area (Å²) in [5.41, 5.74) is -0.285. The summed E-state index contributed by atoms with van der Waals surface area (Å²) in [6.07, 6.45) is 1.65. The molecule has 0 saturated carbocycles. The van der Waals surface area contributed by atoms with E-state index >= 15 is 0 Å². The Morgan fingerprint density at radius 1 is 1.23 bits per heavy atom. The second-order valence-electron chi connectivity index (χ2n) is 6.63. The van der Waals surface area contributed by atoms with E-state index in [1.807, 2.05) is 13.8 Å². The number of aromatic nitrogens is 4. The first-order valence-corrected chi connectivity index (χ1v) is 10.0. The first kappa shape index (κ1) is 21.6. The third kappa shape index (κ3) is 4.11. The van der Waals surface area contributed by atoms with E-state index in [0.29, 0.717) is 29.7 Å². The second-order valence-corrected chi connectivity index (χ2v) is 7.07. The molecule has 0 bridgehead atoms. The van der Waals surface area contributed by atoms with Crippen LogP contribution in [0, 0.1) is 0 Å². The Balaban J connectivity index is 1.98. The van der Waals surface area contributed by atoms with Gasteiger partial charge in [0.1, 0.15) is 23.7 Å². The third-order valence-electron chi connectivity index (χ3n) is 4.73. The molecule has 10 heteroatoms. The van der Waals surface area contributed by atoms with Crippen molar-refractivity contribution in [2.75, 3.05) is 7.11 Å². The van der Waals surface area contributed by atoms with Gasteiger partial charge < -0.3 is 14.0 Å². The van der Waals surface area contributed by atoms with Crippen LogP contribution in [-0.4, -0.2) is 32.2 Å². The summed E-state index contributed by atoms with van der Waals surface area (Å²) in [6.45, 7) is 4.51. The summed E-state index contributed by atoms with van der Waals surface area (Å²) in [6, 6.07) is 4.64. The molecule has 0 atom stereocenters. The monoisotopic (exact) mass is 434 g/mol. The van der Waals surface area contributed by atoms with Gasteiger partial charge in [-0.15, -0.1) is 0 Å². The van der Waals surface area contributed by atoms with Crippen LogP contribution in [0.4, 0.5) is 0 Å². The van der Waals surface area contributed by atoms with E-state index in [1.165, 1.54) is 17.7 Å². The molecule has 2 heterocycles. The first-order chi connectivity index (χ1) is 14.4. The number of hydrogen-bond acceptors (Lipinski definition) is 6. The molecule has 0 aliphatic heterocycles. The first-order valence-electron chi connectivity index (χ1n) is 9.64. The van der Waals surface area contributed by atoms with Gasteiger partial charge in [-0.3, -0.25) is 14.3 Å². The van der Waals surface area contributed by atoms with Crippen LogP contribution in [0.25, 0.3) is 11.2 Å². The van der Waals surface area contributed by atoms with Crippen molar-refractivity contribution in [2.24, 2.45) is 0 Å². The van der Waals surface area contributed by atoms with Gasteiger partial charge in [-0.25, -0.2) is 14.6 Å². The summed E-state index contributed by atoms with van der Waals surface area (Å²) in [4.78, 5) is 44.1. The number of imidazole rings is 1. The Labute approximate surface area is 177 Å². The number of H-pyrrole nitrogens is 1. The van der Waals surface area contributed by atoms with Crippen LogP contribution < -0.4 is 16.0 Å². The quantitative estimate of drug-likeness (QED) is 0.546. The minimum absolute atomic E-state index is 0.182. The highest BCUT2D eigenvalue weighted by Gasteiger charge is 2.20. The summed E-state index contributed by atoms with van der Waals surface area (Å²) in [7, 11) is 1.44. The molecule has 0 saturated heterocycles. The normalized spacial score (nSPS) is 11.1. The highest BCUT2D eigenvalue weighted by Crippen LogP contribution is 2.24. The SMILES string of the molecule is CCCCn1c(=O)[nH]c(=O)c2c1nc(COC(=O)c1cc(Cl)ccc1OC)n2CC. The van der Waals surface area contributed by atoms with Crippen molar-refractivity contribution in [3.05, 3.63) is 55.4 Å². The molecule has 3 rings (SSSR count). The number of aromatic amines is 1. The maximum atomic E-state index is 12.6. The summed E-state index contributed by atoms with van der Waals surface area (Å²) >= 11 is 5.98. The van der Waals surface area contributed by atoms with E-state index in [0.717, 1.165) is 12.8 Å². The smallest absolute Gasteiger partial charge is 0.342 e. The fourth-order valence-electron chi connectivity index (χ4n) is 3.24. The zero-order valence-corrected chi connectivity index (χ0v) is 17.8. The zero-order valence-electron chi connectivity index (χ0n) is 17.0. The van der Waals surface area contributed by atoms with Crippen LogP contribution in [0.1, 0.15) is 42.9 Å². The molecule has 0 unspecified atom stereocenters. The van der Waals surface area contributed by atoms with Crippen molar-refractivity contribution in [2.45, 2.75) is 46.4 Å². The number of benzene rings is 1. The number of hydrogen-bond donors (Lipinski definition) is 1. The van der Waals surface area contributed by atoms with Crippen molar-refractivity contribution in [1.82, 2.24) is 19.1 Å². The minimum Gasteiger partial charge on any atom is -0.496 e. The highest BCUT2D eigenvalue weighted by atomic mass is 35.5. The van der Waals surface area contributed by atoms with Crippen LogP contribution in [-0.2, 0) is 24.4 Å². The van der Waals surface area contributed by atoms with Crippen LogP contribution in [0.2, 0.25) is 5.02 Å². The predicted molar refractivity (Wildman–Crippen MR) is 112 cm³/mol. The number of carbonyl (C=O) groups excluding carboxylic acids is 1. The molecule has 1 aromatic carbocycles. The highest BCUT2D eigenvalue weighted by molar-refractivity contribution is 6.31. The van der Waals surface area contributed by atoms with Gasteiger partial charge >= 0.3 is 11.7 Å². The third-order valence-corrected chi connectivity index (χ3v) is 4.97. The Morgan fingerprint density at radius 3 is 2.67 bits per heavy atom. The number of ether oxygens (including phenoxy) is 2. The van der Waals surface area contributed by atoms with Gasteiger partial charge in [0.15, 0.2) is 11.2 Å². The molecular formula is C20H23ClN4O5. The van der Waals surface area contributed by atoms with Gasteiger partial charge in [0.25, 0.3) is 5.56 Å². The maximum Gasteiger partial charge on any atom is 0.342 e. The number of unbranched alkanes of at least 4 members (excludes halogenated alkanes) is 1. The van der Waals surface area contributed by atoms with E-state index < -0.39 is 17.2 Å². The molecule has 0 spiro atoms. The van der Waals surface area contributed by atoms with Crippen LogP contribution in [0.3, 0.4) is 0 Å². The van der Waals surface area contributed by atoms with Crippen molar-refractivity contribution < 1.29 is 14.3 Å². The Hall–Kier alpha value is -3.07. The summed E-state index contributed by atoms with van der Waals surface area (Å²) in [5, 5.41) is 0.370. The van der Waals surface area contributed by atoms with E-state index in [2.05, 4.69) is 9.97 Å². The Bertz CT molecular complexity index is 1190. The van der Waals surface area contributed by atoms with Crippen LogP contribution in [0.5, 0.6) is 5.75 Å². The fraction of sp³-hybridized carbons (Fsp3) is 0.400. The number of rotatable bonds is 8. The van der Waals surface area contributed by atoms with Gasteiger partial charge in [-0.05, 0) is 31.5 Å². The zero-order chi connectivity index (χ0) is 21.8. The molecule has 30 heavy (non-hydrogen) atoms. The molecule has 160 valence electrons. The van der Waals surface area contributed by atoms with E-state index in [9.17, 15) is 14.4 Å². The average molecular weight is 435 g/mol. The average Bonchev–Trinajstić information content (AvgIpc) is 3.10. The molecule has 9 nitrogen and oxygen atoms in total. The van der Waals surface area contributed by atoms with Crippen molar-refractivity contribution in [3.63, 3.8) is 0 Å². The number of nitrogens with one attached hydrogen (secondary N) is 1. The number of carbonyl (C=O) groups is 1. The van der Waals surface area contributed by atoms with Crippen molar-refractivity contribution in [3.8, 4) is 5.75 Å². The number of methoxy groups -OCH3 is 1. The fourth-order valence-corrected chi connectivity index (χ4v) is 3.41. The van der Waals surface area contributed by atoms with Gasteiger partial charge in [-0.2, -0.15) is 0 Å². The number of halogens is 1. The number of esters is 1. The largest absolute Gasteiger partial charge is 0.496 e. The lowest BCUT2D eigenvalue weighted by atomic mass is 10.2. The number of fused-ring (bicyclic) bond motifs is 1. The lowest BCUT2D eigenvalue weighted by Crippen LogP contribution is -2.31. The molecule has 0 aliphatic rings. The van der Waals surface area contributed by atoms with E-state index in [4.69, 9.17) is 21.1 Å². The molecule has 0 aliphatic carbocycles.